The van der Waals surface area contributed by atoms with Crippen molar-refractivity contribution in [2.75, 3.05) is 4.90 Å². The fraction of sp³-hybridized carbons (Fsp3) is 0.308. The number of aliphatic hydroxyl groups excluding tert-OH is 1. The predicted molar refractivity (Wildman–Crippen MR) is 128 cm³/mol. The number of aromatic nitrogens is 2. The van der Waals surface area contributed by atoms with Crippen LogP contribution in [0.2, 0.25) is 0 Å². The average Bonchev–Trinajstić information content (AvgIpc) is 3.05. The molecular formula is C26H27FN4O4. The molecule has 1 aliphatic rings. The van der Waals surface area contributed by atoms with Gasteiger partial charge in [0.1, 0.15) is 5.82 Å². The first-order valence-corrected chi connectivity index (χ1v) is 11.2. The number of amides is 2. The van der Waals surface area contributed by atoms with Crippen LogP contribution >= 0.6 is 0 Å². The topological polar surface area (TPSA) is 119 Å². The highest BCUT2D eigenvalue weighted by atomic mass is 19.1. The van der Waals surface area contributed by atoms with Crippen molar-refractivity contribution in [3.8, 4) is 11.3 Å². The Hall–Kier alpha value is -3.85. The third-order valence-corrected chi connectivity index (χ3v) is 6.74. The Labute approximate surface area is 202 Å². The maximum atomic E-state index is 14.0. The predicted octanol–water partition coefficient (Wildman–Crippen LogP) is 3.07. The first kappa shape index (κ1) is 24.3. The summed E-state index contributed by atoms with van der Waals surface area (Å²) in [6, 6.07) is 7.56. The number of benzene rings is 1. The molecule has 2 aromatic heterocycles. The van der Waals surface area contributed by atoms with Crippen LogP contribution in [0.15, 0.2) is 42.7 Å². The van der Waals surface area contributed by atoms with Gasteiger partial charge in [0.2, 0.25) is 0 Å². The van der Waals surface area contributed by atoms with Gasteiger partial charge < -0.3 is 15.4 Å². The number of nitrogens with zero attached hydrogens (tertiary/aromatic N) is 3. The molecule has 3 aromatic rings. The number of carbonyl (C=O) groups excluding carboxylic acids is 3. The van der Waals surface area contributed by atoms with Gasteiger partial charge in [-0.15, -0.1) is 0 Å². The van der Waals surface area contributed by atoms with Crippen LogP contribution in [0.1, 0.15) is 51.7 Å². The van der Waals surface area contributed by atoms with Crippen LogP contribution < -0.4 is 10.6 Å². The van der Waals surface area contributed by atoms with Crippen molar-refractivity contribution in [2.45, 2.75) is 45.3 Å². The minimum atomic E-state index is -0.841. The van der Waals surface area contributed by atoms with Crippen molar-refractivity contribution in [3.63, 3.8) is 0 Å². The number of hydrogen-bond acceptors (Lipinski definition) is 5. The molecule has 0 bridgehead atoms. The Morgan fingerprint density at radius 2 is 1.80 bits per heavy atom. The van der Waals surface area contributed by atoms with Gasteiger partial charge in [0.15, 0.2) is 0 Å². The molecular weight excluding hydrogens is 451 g/mol. The van der Waals surface area contributed by atoms with E-state index >= 15 is 0 Å². The summed E-state index contributed by atoms with van der Waals surface area (Å²) in [7, 11) is 1.59. The standard InChI is InChI=1S/C26H27FN4O4/c1-14-11-17(5-6-19(14)27)31(26(3)12-18(32)13-26)25(35)23(33)21-15(2)20(24(28)34)22(30(21)4)16-7-9-29-10-8-16/h5-11,18,32H,12-13H2,1-4H3,(H2,28,34). The Morgan fingerprint density at radius 3 is 2.34 bits per heavy atom. The van der Waals surface area contributed by atoms with E-state index in [1.807, 2.05) is 0 Å². The lowest BCUT2D eigenvalue weighted by Crippen LogP contribution is -2.61. The number of primary amides is 1. The molecule has 0 saturated heterocycles. The summed E-state index contributed by atoms with van der Waals surface area (Å²) in [5.74, 6) is -2.84. The number of nitrogens with two attached hydrogens (primary N) is 1. The van der Waals surface area contributed by atoms with Crippen molar-refractivity contribution >= 4 is 23.3 Å². The number of aryl methyl sites for hydroxylation is 1. The zero-order valence-corrected chi connectivity index (χ0v) is 20.0. The van der Waals surface area contributed by atoms with E-state index < -0.39 is 35.1 Å². The van der Waals surface area contributed by atoms with Gasteiger partial charge in [-0.1, -0.05) is 0 Å². The van der Waals surface area contributed by atoms with Crippen molar-refractivity contribution in [3.05, 3.63) is 70.9 Å². The van der Waals surface area contributed by atoms with Crippen LogP contribution in [-0.2, 0) is 11.8 Å². The van der Waals surface area contributed by atoms with E-state index in [0.717, 1.165) is 0 Å². The fourth-order valence-corrected chi connectivity index (χ4v) is 5.08. The van der Waals surface area contributed by atoms with Gasteiger partial charge >= 0.3 is 5.91 Å². The van der Waals surface area contributed by atoms with E-state index in [2.05, 4.69) is 4.98 Å². The molecule has 182 valence electrons. The molecule has 0 atom stereocenters. The second-order valence-corrected chi connectivity index (χ2v) is 9.32. The molecule has 1 aromatic carbocycles. The largest absolute Gasteiger partial charge is 0.393 e. The minimum absolute atomic E-state index is 0.0305. The first-order chi connectivity index (χ1) is 16.5. The lowest BCUT2D eigenvalue weighted by Gasteiger charge is -2.50. The second kappa shape index (κ2) is 8.74. The normalized spacial score (nSPS) is 19.2. The number of hydrogen-bond donors (Lipinski definition) is 2. The molecule has 1 fully saturated rings. The van der Waals surface area contributed by atoms with Gasteiger partial charge in [-0.05, 0) is 75.1 Å². The van der Waals surface area contributed by atoms with Gasteiger partial charge in [0.25, 0.3) is 11.7 Å². The Kier molecular flexibility index (Phi) is 6.06. The molecule has 0 radical (unpaired) electrons. The van der Waals surface area contributed by atoms with Gasteiger partial charge in [-0.2, -0.15) is 0 Å². The van der Waals surface area contributed by atoms with E-state index in [0.29, 0.717) is 28.1 Å². The van der Waals surface area contributed by atoms with E-state index in [1.54, 1.807) is 52.3 Å². The molecule has 3 N–H and O–H groups in total. The van der Waals surface area contributed by atoms with E-state index in [9.17, 15) is 23.9 Å². The minimum Gasteiger partial charge on any atom is -0.393 e. The summed E-state index contributed by atoms with van der Waals surface area (Å²) in [6.07, 6.45) is 3.03. The molecule has 1 saturated carbocycles. The number of carbonyl (C=O) groups is 3. The highest BCUT2D eigenvalue weighted by Crippen LogP contribution is 2.41. The third kappa shape index (κ3) is 4.01. The molecule has 2 amide bonds. The van der Waals surface area contributed by atoms with Crippen LogP contribution in [-0.4, -0.2) is 43.9 Å². The van der Waals surface area contributed by atoms with E-state index in [4.69, 9.17) is 5.73 Å². The van der Waals surface area contributed by atoms with E-state index in [-0.39, 0.29) is 24.1 Å². The van der Waals surface area contributed by atoms with Crippen molar-refractivity contribution in [2.24, 2.45) is 12.8 Å². The molecule has 0 spiro atoms. The van der Waals surface area contributed by atoms with Gasteiger partial charge in [0, 0.05) is 30.7 Å². The van der Waals surface area contributed by atoms with E-state index in [1.165, 1.54) is 27.7 Å². The number of Topliss-reactive ketones (excluding diaryl/α,β-unsaturated/α-hetero) is 1. The van der Waals surface area contributed by atoms with Crippen molar-refractivity contribution in [1.82, 2.24) is 9.55 Å². The highest BCUT2D eigenvalue weighted by molar-refractivity contribution is 6.47. The third-order valence-electron chi connectivity index (χ3n) is 6.74. The summed E-state index contributed by atoms with van der Waals surface area (Å²) in [4.78, 5) is 45.2. The van der Waals surface area contributed by atoms with Crippen LogP contribution in [0.4, 0.5) is 10.1 Å². The average molecular weight is 479 g/mol. The zero-order valence-electron chi connectivity index (χ0n) is 20.0. The molecule has 9 heteroatoms. The summed E-state index contributed by atoms with van der Waals surface area (Å²) in [5, 5.41) is 9.99. The molecule has 0 unspecified atom stereocenters. The maximum Gasteiger partial charge on any atom is 0.301 e. The van der Waals surface area contributed by atoms with Crippen molar-refractivity contribution in [1.29, 1.82) is 0 Å². The van der Waals surface area contributed by atoms with Gasteiger partial charge in [-0.3, -0.25) is 24.3 Å². The SMILES string of the molecule is Cc1cc(N(C(=O)C(=O)c2c(C)c(C(N)=O)c(-c3ccncc3)n2C)C2(C)CC(O)C2)ccc1F. The lowest BCUT2D eigenvalue weighted by atomic mass is 9.74. The molecule has 2 heterocycles. The number of halogens is 1. The summed E-state index contributed by atoms with van der Waals surface area (Å²) in [6.45, 7) is 4.92. The molecule has 1 aliphatic carbocycles. The molecule has 8 nitrogen and oxygen atoms in total. The van der Waals surface area contributed by atoms with Crippen molar-refractivity contribution < 1.29 is 23.9 Å². The first-order valence-electron chi connectivity index (χ1n) is 11.2. The lowest BCUT2D eigenvalue weighted by molar-refractivity contribution is -0.117. The van der Waals surface area contributed by atoms with Crippen LogP contribution in [0.5, 0.6) is 0 Å². The van der Waals surface area contributed by atoms with Crippen LogP contribution in [0, 0.1) is 19.7 Å². The number of rotatable bonds is 6. The quantitative estimate of drug-likeness (QED) is 0.417. The fourth-order valence-electron chi connectivity index (χ4n) is 5.08. The Balaban J connectivity index is 1.85. The Morgan fingerprint density at radius 1 is 1.17 bits per heavy atom. The number of aliphatic hydroxyl groups is 1. The monoisotopic (exact) mass is 478 g/mol. The van der Waals surface area contributed by atoms with Crippen LogP contribution in [0.25, 0.3) is 11.3 Å². The summed E-state index contributed by atoms with van der Waals surface area (Å²) in [5.41, 5.74) is 7.00. The summed E-state index contributed by atoms with van der Waals surface area (Å²) < 4.78 is 15.5. The van der Waals surface area contributed by atoms with Gasteiger partial charge in [0.05, 0.1) is 28.6 Å². The molecule has 35 heavy (non-hydrogen) atoms. The molecule has 4 rings (SSSR count). The second-order valence-electron chi connectivity index (χ2n) is 9.32. The molecule has 0 aliphatic heterocycles. The number of anilines is 1. The maximum absolute atomic E-state index is 14.0. The smallest absolute Gasteiger partial charge is 0.301 e. The zero-order chi connectivity index (χ0) is 25.7. The van der Waals surface area contributed by atoms with Crippen LogP contribution in [0.3, 0.4) is 0 Å². The summed E-state index contributed by atoms with van der Waals surface area (Å²) >= 11 is 0. The number of ketones is 1. The Bertz CT molecular complexity index is 1340. The van der Waals surface area contributed by atoms with Gasteiger partial charge in [-0.25, -0.2) is 4.39 Å². The number of pyridine rings is 1. The highest BCUT2D eigenvalue weighted by Gasteiger charge is 2.49.